The molecule has 1 aliphatic rings. The zero-order valence-electron chi connectivity index (χ0n) is 15.6. The summed E-state index contributed by atoms with van der Waals surface area (Å²) in [5.74, 6) is 2.50. The molecule has 5 nitrogen and oxygen atoms in total. The molecule has 0 unspecified atom stereocenters. The summed E-state index contributed by atoms with van der Waals surface area (Å²) in [5, 5.41) is 0. The number of fused-ring (bicyclic) bond motifs is 1. The second-order valence-electron chi connectivity index (χ2n) is 7.17. The van der Waals surface area contributed by atoms with Crippen LogP contribution in [0.25, 0.3) is 11.0 Å². The molecule has 1 fully saturated rings. The van der Waals surface area contributed by atoms with Gasteiger partial charge in [-0.3, -0.25) is 0 Å². The van der Waals surface area contributed by atoms with Gasteiger partial charge in [0.25, 0.3) is 0 Å². The van der Waals surface area contributed by atoms with E-state index in [0.29, 0.717) is 5.92 Å². The van der Waals surface area contributed by atoms with E-state index in [4.69, 9.17) is 9.47 Å². The number of nitrogens with zero attached hydrogens (tertiary/aromatic N) is 2. The lowest BCUT2D eigenvalue weighted by Gasteiger charge is -2.31. The summed E-state index contributed by atoms with van der Waals surface area (Å²) >= 11 is 0. The van der Waals surface area contributed by atoms with E-state index in [1.807, 2.05) is 48.5 Å². The predicted molar refractivity (Wildman–Crippen MR) is 107 cm³/mol. The van der Waals surface area contributed by atoms with Crippen molar-refractivity contribution in [3.8, 4) is 11.5 Å². The number of benzene rings is 2. The van der Waals surface area contributed by atoms with Gasteiger partial charge in [0.2, 0.25) is 0 Å². The van der Waals surface area contributed by atoms with Gasteiger partial charge >= 0.3 is 0 Å². The van der Waals surface area contributed by atoms with Crippen molar-refractivity contribution in [1.29, 1.82) is 0 Å². The summed E-state index contributed by atoms with van der Waals surface area (Å²) in [6.45, 7) is 4.94. The standard InChI is InChI=1S/C22H27N3O2/c1-2-6-19(7-3-1)27-16-18-10-13-25(14-11-18)12-5-15-26-21-9-4-8-20-22(21)24-17-23-20/h1-4,6-9,17-18H,5,10-16H2,(H,23,24). The number of likely N-dealkylation sites (tertiary alicyclic amines) is 1. The molecule has 4 rings (SSSR count). The fourth-order valence-corrected chi connectivity index (χ4v) is 3.63. The minimum absolute atomic E-state index is 0.662. The van der Waals surface area contributed by atoms with Crippen LogP contribution in [0.1, 0.15) is 19.3 Å². The summed E-state index contributed by atoms with van der Waals surface area (Å²) in [7, 11) is 0. The molecule has 2 aromatic carbocycles. The first-order valence-corrected chi connectivity index (χ1v) is 9.83. The Labute approximate surface area is 160 Å². The molecule has 0 aliphatic carbocycles. The summed E-state index contributed by atoms with van der Waals surface area (Å²) in [5.41, 5.74) is 1.93. The van der Waals surface area contributed by atoms with Crippen molar-refractivity contribution >= 4 is 11.0 Å². The molecule has 0 atom stereocenters. The van der Waals surface area contributed by atoms with E-state index >= 15 is 0 Å². The molecule has 1 aliphatic heterocycles. The van der Waals surface area contributed by atoms with Crippen LogP contribution in [0.15, 0.2) is 54.9 Å². The van der Waals surface area contributed by atoms with Gasteiger partial charge in [-0.2, -0.15) is 0 Å². The number of hydrogen-bond donors (Lipinski definition) is 1. The highest BCUT2D eigenvalue weighted by atomic mass is 16.5. The third-order valence-electron chi connectivity index (χ3n) is 5.23. The summed E-state index contributed by atoms with van der Waals surface area (Å²) in [6, 6.07) is 16.1. The van der Waals surface area contributed by atoms with Gasteiger partial charge in [-0.25, -0.2) is 4.98 Å². The number of rotatable bonds is 8. The van der Waals surface area contributed by atoms with Gasteiger partial charge in [-0.1, -0.05) is 24.3 Å². The van der Waals surface area contributed by atoms with E-state index < -0.39 is 0 Å². The normalized spacial score (nSPS) is 15.9. The van der Waals surface area contributed by atoms with Crippen molar-refractivity contribution in [3.63, 3.8) is 0 Å². The number of ether oxygens (including phenoxy) is 2. The first-order chi connectivity index (χ1) is 13.4. The van der Waals surface area contributed by atoms with Gasteiger partial charge < -0.3 is 19.4 Å². The van der Waals surface area contributed by atoms with Crippen molar-refractivity contribution in [2.75, 3.05) is 32.8 Å². The van der Waals surface area contributed by atoms with Crippen molar-refractivity contribution in [1.82, 2.24) is 14.9 Å². The van der Waals surface area contributed by atoms with Crippen molar-refractivity contribution in [3.05, 3.63) is 54.9 Å². The van der Waals surface area contributed by atoms with Crippen molar-refractivity contribution in [2.45, 2.75) is 19.3 Å². The molecule has 142 valence electrons. The lowest BCUT2D eigenvalue weighted by molar-refractivity contribution is 0.135. The predicted octanol–water partition coefficient (Wildman–Crippen LogP) is 4.12. The molecule has 1 aromatic heterocycles. The minimum Gasteiger partial charge on any atom is -0.493 e. The molecule has 1 N–H and O–H groups in total. The zero-order chi connectivity index (χ0) is 18.3. The molecule has 0 spiro atoms. The van der Waals surface area contributed by atoms with Gasteiger partial charge in [-0.05, 0) is 62.5 Å². The number of aromatic nitrogens is 2. The van der Waals surface area contributed by atoms with Crippen LogP contribution in [0.3, 0.4) is 0 Å². The van der Waals surface area contributed by atoms with Crippen LogP contribution >= 0.6 is 0 Å². The Hall–Kier alpha value is -2.53. The lowest BCUT2D eigenvalue weighted by atomic mass is 9.98. The van der Waals surface area contributed by atoms with Crippen LogP contribution < -0.4 is 9.47 Å². The number of imidazole rings is 1. The summed E-state index contributed by atoms with van der Waals surface area (Å²) < 4.78 is 11.9. The monoisotopic (exact) mass is 365 g/mol. The molecular formula is C22H27N3O2. The van der Waals surface area contributed by atoms with Gasteiger partial charge in [0, 0.05) is 6.54 Å². The first-order valence-electron chi connectivity index (χ1n) is 9.83. The maximum absolute atomic E-state index is 5.95. The Morgan fingerprint density at radius 1 is 1.00 bits per heavy atom. The number of aromatic amines is 1. The van der Waals surface area contributed by atoms with Crippen LogP contribution in [0, 0.1) is 5.92 Å². The molecular weight excluding hydrogens is 338 g/mol. The van der Waals surface area contributed by atoms with E-state index in [1.165, 1.54) is 12.8 Å². The quantitative estimate of drug-likeness (QED) is 0.610. The number of H-pyrrole nitrogens is 1. The zero-order valence-corrected chi connectivity index (χ0v) is 15.6. The maximum atomic E-state index is 5.95. The Bertz CT molecular complexity index is 826. The molecule has 1 saturated heterocycles. The second kappa shape index (κ2) is 8.91. The third-order valence-corrected chi connectivity index (χ3v) is 5.23. The SMILES string of the molecule is c1ccc(OCC2CCN(CCCOc3cccc4[nH]cnc34)CC2)cc1. The second-order valence-corrected chi connectivity index (χ2v) is 7.17. The van der Waals surface area contributed by atoms with Crippen LogP contribution in [0.5, 0.6) is 11.5 Å². The highest BCUT2D eigenvalue weighted by molar-refractivity contribution is 5.80. The fraction of sp³-hybridized carbons (Fsp3) is 0.409. The number of para-hydroxylation sites is 2. The first kappa shape index (κ1) is 17.9. The maximum Gasteiger partial charge on any atom is 0.147 e. The van der Waals surface area contributed by atoms with Crippen molar-refractivity contribution in [2.24, 2.45) is 5.92 Å². The lowest BCUT2D eigenvalue weighted by Crippen LogP contribution is -2.36. The summed E-state index contributed by atoms with van der Waals surface area (Å²) in [6.07, 6.45) is 5.16. The average molecular weight is 365 g/mol. The van der Waals surface area contributed by atoms with Crippen LogP contribution in [0.4, 0.5) is 0 Å². The molecule has 0 bridgehead atoms. The molecule has 27 heavy (non-hydrogen) atoms. The highest BCUT2D eigenvalue weighted by Gasteiger charge is 2.19. The number of hydrogen-bond acceptors (Lipinski definition) is 4. The summed E-state index contributed by atoms with van der Waals surface area (Å²) in [4.78, 5) is 9.99. The largest absolute Gasteiger partial charge is 0.493 e. The third kappa shape index (κ3) is 4.80. The van der Waals surface area contributed by atoms with E-state index in [-0.39, 0.29) is 0 Å². The van der Waals surface area contributed by atoms with Gasteiger partial charge in [-0.15, -0.1) is 0 Å². The minimum atomic E-state index is 0.662. The fourth-order valence-electron chi connectivity index (χ4n) is 3.63. The average Bonchev–Trinajstić information content (AvgIpc) is 3.21. The number of piperidine rings is 1. The smallest absolute Gasteiger partial charge is 0.147 e. The van der Waals surface area contributed by atoms with Crippen LogP contribution in [-0.4, -0.2) is 47.7 Å². The molecule has 3 aromatic rings. The van der Waals surface area contributed by atoms with E-state index in [9.17, 15) is 0 Å². The van der Waals surface area contributed by atoms with Crippen LogP contribution in [-0.2, 0) is 0 Å². The Morgan fingerprint density at radius 2 is 1.85 bits per heavy atom. The van der Waals surface area contributed by atoms with E-state index in [0.717, 1.165) is 61.8 Å². The van der Waals surface area contributed by atoms with Gasteiger partial charge in [0.15, 0.2) is 0 Å². The Balaban J connectivity index is 1.13. The Morgan fingerprint density at radius 3 is 2.70 bits per heavy atom. The topological polar surface area (TPSA) is 50.4 Å². The van der Waals surface area contributed by atoms with Crippen molar-refractivity contribution < 1.29 is 9.47 Å². The molecule has 0 saturated carbocycles. The van der Waals surface area contributed by atoms with E-state index in [1.54, 1.807) is 6.33 Å². The van der Waals surface area contributed by atoms with E-state index in [2.05, 4.69) is 14.9 Å². The molecule has 5 heteroatoms. The Kier molecular flexibility index (Phi) is 5.89. The number of nitrogens with one attached hydrogen (secondary N) is 1. The van der Waals surface area contributed by atoms with Gasteiger partial charge in [0.1, 0.15) is 17.0 Å². The molecule has 2 heterocycles. The molecule has 0 amide bonds. The highest BCUT2D eigenvalue weighted by Crippen LogP contribution is 2.22. The van der Waals surface area contributed by atoms with Crippen LogP contribution in [0.2, 0.25) is 0 Å². The van der Waals surface area contributed by atoms with Gasteiger partial charge in [0.05, 0.1) is 25.1 Å². The molecule has 0 radical (unpaired) electrons.